The number of methoxy groups -OCH3 is 1. The van der Waals surface area contributed by atoms with Crippen molar-refractivity contribution in [1.82, 2.24) is 4.90 Å². The second kappa shape index (κ2) is 6.46. The zero-order chi connectivity index (χ0) is 10.3. The molecular weight excluding hydrogens is 170 g/mol. The first-order valence-corrected chi connectivity index (χ1v) is 4.36. The SMILES string of the molecule is COC(=O)CCN(C=O)CC(C)C. The highest BCUT2D eigenvalue weighted by atomic mass is 16.5. The van der Waals surface area contributed by atoms with E-state index in [0.717, 1.165) is 6.41 Å². The maximum Gasteiger partial charge on any atom is 0.307 e. The molecule has 0 aliphatic carbocycles. The fraction of sp³-hybridized carbons (Fsp3) is 0.778. The highest BCUT2D eigenvalue weighted by molar-refractivity contribution is 5.69. The molecule has 0 rings (SSSR count). The monoisotopic (exact) mass is 187 g/mol. The van der Waals surface area contributed by atoms with Crippen LogP contribution in [0.4, 0.5) is 0 Å². The summed E-state index contributed by atoms with van der Waals surface area (Å²) in [6, 6.07) is 0. The third-order valence-electron chi connectivity index (χ3n) is 1.58. The van der Waals surface area contributed by atoms with Crippen LogP contribution in [0.5, 0.6) is 0 Å². The lowest BCUT2D eigenvalue weighted by Gasteiger charge is -2.18. The molecule has 0 fully saturated rings. The topological polar surface area (TPSA) is 46.6 Å². The second-order valence-electron chi connectivity index (χ2n) is 3.32. The lowest BCUT2D eigenvalue weighted by Crippen LogP contribution is -2.28. The molecule has 0 aliphatic heterocycles. The van der Waals surface area contributed by atoms with Crippen molar-refractivity contribution in [3.8, 4) is 0 Å². The van der Waals surface area contributed by atoms with Crippen LogP contribution in [0.3, 0.4) is 0 Å². The van der Waals surface area contributed by atoms with Gasteiger partial charge in [0.25, 0.3) is 0 Å². The van der Waals surface area contributed by atoms with Crippen LogP contribution in [0.15, 0.2) is 0 Å². The predicted molar refractivity (Wildman–Crippen MR) is 49.1 cm³/mol. The summed E-state index contributed by atoms with van der Waals surface area (Å²) in [4.78, 5) is 22.9. The van der Waals surface area contributed by atoms with Gasteiger partial charge in [0.05, 0.1) is 13.5 Å². The van der Waals surface area contributed by atoms with Crippen molar-refractivity contribution >= 4 is 12.4 Å². The minimum atomic E-state index is -0.282. The van der Waals surface area contributed by atoms with Crippen molar-refractivity contribution in [2.24, 2.45) is 5.92 Å². The van der Waals surface area contributed by atoms with E-state index in [9.17, 15) is 9.59 Å². The largest absolute Gasteiger partial charge is 0.469 e. The molecule has 0 aromatic carbocycles. The Morgan fingerprint density at radius 2 is 2.15 bits per heavy atom. The molecule has 13 heavy (non-hydrogen) atoms. The van der Waals surface area contributed by atoms with E-state index in [1.54, 1.807) is 4.90 Å². The number of rotatable bonds is 6. The summed E-state index contributed by atoms with van der Waals surface area (Å²) in [5.74, 6) is 0.137. The number of ether oxygens (including phenoxy) is 1. The Labute approximate surface area is 78.9 Å². The standard InChI is InChI=1S/C9H17NO3/c1-8(2)6-10(7-11)5-4-9(12)13-3/h7-8H,4-6H2,1-3H3. The summed E-state index contributed by atoms with van der Waals surface area (Å²) in [6.07, 6.45) is 1.03. The Morgan fingerprint density at radius 1 is 1.54 bits per heavy atom. The number of carbonyl (C=O) groups excluding carboxylic acids is 2. The predicted octanol–water partition coefficient (Wildman–Crippen LogP) is 0.664. The average molecular weight is 187 g/mol. The summed E-state index contributed by atoms with van der Waals surface area (Å²) < 4.78 is 4.47. The van der Waals surface area contributed by atoms with Crippen LogP contribution in [0, 0.1) is 5.92 Å². The van der Waals surface area contributed by atoms with Gasteiger partial charge in [-0.2, -0.15) is 0 Å². The van der Waals surface area contributed by atoms with Gasteiger partial charge in [-0.05, 0) is 5.92 Å². The van der Waals surface area contributed by atoms with Crippen LogP contribution >= 0.6 is 0 Å². The van der Waals surface area contributed by atoms with Crippen LogP contribution in [0.2, 0.25) is 0 Å². The van der Waals surface area contributed by atoms with Crippen LogP contribution in [-0.4, -0.2) is 37.5 Å². The summed E-state index contributed by atoms with van der Waals surface area (Å²) in [7, 11) is 1.34. The van der Waals surface area contributed by atoms with E-state index in [1.807, 2.05) is 13.8 Å². The third-order valence-corrected chi connectivity index (χ3v) is 1.58. The number of esters is 1. The number of amides is 1. The Kier molecular flexibility index (Phi) is 5.93. The highest BCUT2D eigenvalue weighted by Gasteiger charge is 2.07. The molecule has 1 amide bonds. The molecule has 4 heteroatoms. The van der Waals surface area contributed by atoms with Crippen molar-refractivity contribution < 1.29 is 14.3 Å². The van der Waals surface area contributed by atoms with Gasteiger partial charge in [-0.1, -0.05) is 13.8 Å². The Balaban J connectivity index is 3.71. The highest BCUT2D eigenvalue weighted by Crippen LogP contribution is 1.97. The first kappa shape index (κ1) is 11.9. The van der Waals surface area contributed by atoms with Gasteiger partial charge in [-0.3, -0.25) is 9.59 Å². The van der Waals surface area contributed by atoms with Gasteiger partial charge < -0.3 is 9.64 Å². The van der Waals surface area contributed by atoms with Gasteiger partial charge in [0, 0.05) is 13.1 Å². The van der Waals surface area contributed by atoms with Gasteiger partial charge in [0.1, 0.15) is 0 Å². The van der Waals surface area contributed by atoms with Gasteiger partial charge in [-0.25, -0.2) is 0 Å². The summed E-state index contributed by atoms with van der Waals surface area (Å²) in [5, 5.41) is 0. The molecule has 4 nitrogen and oxygen atoms in total. The molecule has 0 aromatic heterocycles. The van der Waals surface area contributed by atoms with Crippen LogP contribution in [0.1, 0.15) is 20.3 Å². The zero-order valence-electron chi connectivity index (χ0n) is 8.45. The van der Waals surface area contributed by atoms with Crippen molar-refractivity contribution in [2.45, 2.75) is 20.3 Å². The van der Waals surface area contributed by atoms with Crippen LogP contribution < -0.4 is 0 Å². The van der Waals surface area contributed by atoms with E-state index in [4.69, 9.17) is 0 Å². The molecule has 0 saturated heterocycles. The first-order chi connectivity index (χ1) is 6.10. The summed E-state index contributed by atoms with van der Waals surface area (Å²) >= 11 is 0. The molecule has 0 bridgehead atoms. The van der Waals surface area contributed by atoms with Gasteiger partial charge in [-0.15, -0.1) is 0 Å². The normalized spacial score (nSPS) is 9.85. The molecule has 0 saturated carbocycles. The molecular formula is C9H17NO3. The Morgan fingerprint density at radius 3 is 2.54 bits per heavy atom. The number of hydrogen-bond donors (Lipinski definition) is 0. The van der Waals surface area contributed by atoms with Crippen LogP contribution in [0.25, 0.3) is 0 Å². The summed E-state index contributed by atoms with van der Waals surface area (Å²) in [6.45, 7) is 5.16. The molecule has 0 spiro atoms. The molecule has 0 unspecified atom stereocenters. The maximum absolute atomic E-state index is 10.8. The molecule has 0 heterocycles. The van der Waals surface area contributed by atoms with Gasteiger partial charge in [0.15, 0.2) is 0 Å². The number of nitrogens with zero attached hydrogens (tertiary/aromatic N) is 1. The fourth-order valence-electron chi connectivity index (χ4n) is 0.993. The lowest BCUT2D eigenvalue weighted by molar-refractivity contribution is -0.141. The minimum absolute atomic E-state index is 0.266. The van der Waals surface area contributed by atoms with Gasteiger partial charge >= 0.3 is 5.97 Å². The van der Waals surface area contributed by atoms with E-state index >= 15 is 0 Å². The summed E-state index contributed by atoms with van der Waals surface area (Å²) in [5.41, 5.74) is 0. The molecule has 0 radical (unpaired) electrons. The zero-order valence-corrected chi connectivity index (χ0v) is 8.45. The first-order valence-electron chi connectivity index (χ1n) is 4.36. The maximum atomic E-state index is 10.8. The van der Waals surface area contributed by atoms with Gasteiger partial charge in [0.2, 0.25) is 6.41 Å². The quantitative estimate of drug-likeness (QED) is 0.453. The van der Waals surface area contributed by atoms with Crippen molar-refractivity contribution in [3.63, 3.8) is 0 Å². The van der Waals surface area contributed by atoms with Crippen molar-refractivity contribution in [3.05, 3.63) is 0 Å². The minimum Gasteiger partial charge on any atom is -0.469 e. The third kappa shape index (κ3) is 6.13. The smallest absolute Gasteiger partial charge is 0.307 e. The van der Waals surface area contributed by atoms with Crippen LogP contribution in [-0.2, 0) is 14.3 Å². The molecule has 0 aromatic rings. The average Bonchev–Trinajstić information content (AvgIpc) is 2.10. The van der Waals surface area contributed by atoms with E-state index in [2.05, 4.69) is 4.74 Å². The molecule has 0 aliphatic rings. The second-order valence-corrected chi connectivity index (χ2v) is 3.32. The van der Waals surface area contributed by atoms with E-state index in [0.29, 0.717) is 19.0 Å². The molecule has 0 N–H and O–H groups in total. The van der Waals surface area contributed by atoms with E-state index in [-0.39, 0.29) is 12.4 Å². The Bertz CT molecular complexity index is 168. The number of carbonyl (C=O) groups is 2. The number of hydrogen-bond acceptors (Lipinski definition) is 3. The fourth-order valence-corrected chi connectivity index (χ4v) is 0.993. The van der Waals surface area contributed by atoms with Crippen molar-refractivity contribution in [2.75, 3.05) is 20.2 Å². The lowest BCUT2D eigenvalue weighted by atomic mass is 10.2. The van der Waals surface area contributed by atoms with E-state index < -0.39 is 0 Å². The molecule has 0 atom stereocenters. The van der Waals surface area contributed by atoms with Crippen molar-refractivity contribution in [1.29, 1.82) is 0 Å². The Hall–Kier alpha value is -1.06. The molecule has 76 valence electrons. The van der Waals surface area contributed by atoms with E-state index in [1.165, 1.54) is 7.11 Å².